The van der Waals surface area contributed by atoms with Crippen molar-refractivity contribution in [3.63, 3.8) is 0 Å². The van der Waals surface area contributed by atoms with E-state index in [1.165, 1.54) is 0 Å². The number of carboxylic acid groups (broad SMARTS) is 1. The fourth-order valence-corrected chi connectivity index (χ4v) is 1.21. The average molecular weight is 250 g/mol. The van der Waals surface area contributed by atoms with Crippen LogP contribution in [0.25, 0.3) is 5.76 Å². The van der Waals surface area contributed by atoms with Crippen molar-refractivity contribution in [1.82, 2.24) is 0 Å². The Bertz CT molecular complexity index is 459. The van der Waals surface area contributed by atoms with E-state index in [2.05, 4.69) is 0 Å². The topological polar surface area (TPSA) is 83.8 Å². The summed E-state index contributed by atoms with van der Waals surface area (Å²) in [6, 6.07) is 6.37. The summed E-state index contributed by atoms with van der Waals surface area (Å²) >= 11 is 0. The van der Waals surface area contributed by atoms with E-state index in [0.29, 0.717) is 24.0 Å². The summed E-state index contributed by atoms with van der Waals surface area (Å²) in [6.45, 7) is 2.58. The van der Waals surface area contributed by atoms with Crippen LogP contribution in [-0.2, 0) is 9.59 Å². The maximum Gasteiger partial charge on any atom is 0.376 e. The van der Waals surface area contributed by atoms with Gasteiger partial charge in [0.15, 0.2) is 0 Å². The van der Waals surface area contributed by atoms with Gasteiger partial charge in [0.25, 0.3) is 5.78 Å². The van der Waals surface area contributed by atoms with Gasteiger partial charge in [0, 0.05) is 11.6 Å². The maximum absolute atomic E-state index is 10.9. The number of hydrogen-bond acceptors (Lipinski definition) is 4. The van der Waals surface area contributed by atoms with Crippen LogP contribution in [0.15, 0.2) is 30.3 Å². The zero-order valence-electron chi connectivity index (χ0n) is 9.92. The third-order valence-electron chi connectivity index (χ3n) is 2.10. The molecule has 0 spiro atoms. The van der Waals surface area contributed by atoms with E-state index in [9.17, 15) is 14.7 Å². The SMILES string of the molecule is CCCOc1ccc(/C(O)=C/C(=O)C(=O)O)cc1. The number of aliphatic hydroxyl groups is 1. The van der Waals surface area contributed by atoms with Crippen molar-refractivity contribution >= 4 is 17.5 Å². The Hall–Kier alpha value is -2.30. The minimum Gasteiger partial charge on any atom is -0.507 e. The van der Waals surface area contributed by atoms with Gasteiger partial charge in [-0.1, -0.05) is 6.92 Å². The largest absolute Gasteiger partial charge is 0.507 e. The molecule has 0 heterocycles. The number of ether oxygens (including phenoxy) is 1. The molecular formula is C13H14O5. The van der Waals surface area contributed by atoms with E-state index >= 15 is 0 Å². The lowest BCUT2D eigenvalue weighted by Crippen LogP contribution is -2.09. The van der Waals surface area contributed by atoms with E-state index in [0.717, 1.165) is 6.42 Å². The highest BCUT2D eigenvalue weighted by Gasteiger charge is 2.10. The molecule has 0 aromatic heterocycles. The van der Waals surface area contributed by atoms with Crippen molar-refractivity contribution in [3.05, 3.63) is 35.9 Å². The molecule has 0 atom stereocenters. The third kappa shape index (κ3) is 3.93. The molecule has 0 aliphatic heterocycles. The molecular weight excluding hydrogens is 236 g/mol. The summed E-state index contributed by atoms with van der Waals surface area (Å²) in [7, 11) is 0. The molecule has 5 heteroatoms. The number of ketones is 1. The van der Waals surface area contributed by atoms with Crippen LogP contribution in [0.4, 0.5) is 0 Å². The monoisotopic (exact) mass is 250 g/mol. The van der Waals surface area contributed by atoms with Crippen molar-refractivity contribution in [2.75, 3.05) is 6.61 Å². The Balaban J connectivity index is 2.78. The first-order chi connectivity index (χ1) is 8.54. The molecule has 0 radical (unpaired) electrons. The van der Waals surface area contributed by atoms with Crippen molar-refractivity contribution in [3.8, 4) is 5.75 Å². The summed E-state index contributed by atoms with van der Waals surface area (Å²) in [5.74, 6) is -2.51. The van der Waals surface area contributed by atoms with Crippen LogP contribution in [0, 0.1) is 0 Å². The summed E-state index contributed by atoms with van der Waals surface area (Å²) in [5, 5.41) is 17.9. The number of carbonyl (C=O) groups is 2. The lowest BCUT2D eigenvalue weighted by Gasteiger charge is -2.05. The van der Waals surface area contributed by atoms with Gasteiger partial charge in [-0.15, -0.1) is 0 Å². The van der Waals surface area contributed by atoms with Crippen molar-refractivity contribution in [2.24, 2.45) is 0 Å². The summed E-state index contributed by atoms with van der Waals surface area (Å²) in [6.07, 6.45) is 1.56. The Kier molecular flexibility index (Phi) is 4.92. The Morgan fingerprint density at radius 2 is 1.83 bits per heavy atom. The van der Waals surface area contributed by atoms with Crippen LogP contribution in [0.2, 0.25) is 0 Å². The number of carboxylic acids is 1. The maximum atomic E-state index is 10.9. The average Bonchev–Trinajstić information content (AvgIpc) is 2.36. The highest BCUT2D eigenvalue weighted by atomic mass is 16.5. The molecule has 0 saturated heterocycles. The highest BCUT2D eigenvalue weighted by Crippen LogP contribution is 2.17. The lowest BCUT2D eigenvalue weighted by atomic mass is 10.1. The highest BCUT2D eigenvalue weighted by molar-refractivity contribution is 6.38. The van der Waals surface area contributed by atoms with Gasteiger partial charge < -0.3 is 14.9 Å². The zero-order valence-corrected chi connectivity index (χ0v) is 9.92. The minimum absolute atomic E-state index is 0.355. The molecule has 1 rings (SSSR count). The molecule has 5 nitrogen and oxygen atoms in total. The molecule has 0 fully saturated rings. The normalized spacial score (nSPS) is 11.1. The second-order valence-corrected chi connectivity index (χ2v) is 3.57. The van der Waals surface area contributed by atoms with Gasteiger partial charge in [0.05, 0.1) is 6.61 Å². The van der Waals surface area contributed by atoms with Gasteiger partial charge in [0.2, 0.25) is 0 Å². The van der Waals surface area contributed by atoms with E-state index in [1.54, 1.807) is 24.3 Å². The first-order valence-corrected chi connectivity index (χ1v) is 5.45. The molecule has 0 amide bonds. The van der Waals surface area contributed by atoms with Crippen molar-refractivity contribution < 1.29 is 24.5 Å². The molecule has 18 heavy (non-hydrogen) atoms. The Morgan fingerprint density at radius 1 is 1.22 bits per heavy atom. The van der Waals surface area contributed by atoms with Gasteiger partial charge in [-0.2, -0.15) is 0 Å². The molecule has 96 valence electrons. The number of aliphatic carboxylic acids is 1. The molecule has 0 aliphatic carbocycles. The van der Waals surface area contributed by atoms with Gasteiger partial charge in [-0.05, 0) is 30.7 Å². The van der Waals surface area contributed by atoms with Crippen LogP contribution >= 0.6 is 0 Å². The molecule has 2 N–H and O–H groups in total. The van der Waals surface area contributed by atoms with Crippen LogP contribution in [0.3, 0.4) is 0 Å². The molecule has 0 aliphatic rings. The molecule has 0 unspecified atom stereocenters. The van der Waals surface area contributed by atoms with Crippen molar-refractivity contribution in [2.45, 2.75) is 13.3 Å². The molecule has 1 aromatic carbocycles. The minimum atomic E-state index is -1.61. The summed E-state index contributed by atoms with van der Waals surface area (Å²) in [4.78, 5) is 21.2. The molecule has 0 bridgehead atoms. The standard InChI is InChI=1S/C13H14O5/c1-2-7-18-10-5-3-9(4-6-10)11(14)8-12(15)13(16)17/h3-6,8,14H,2,7H2,1H3,(H,16,17)/b11-8-. The first kappa shape index (κ1) is 13.8. The lowest BCUT2D eigenvalue weighted by molar-refractivity contribution is -0.146. The van der Waals surface area contributed by atoms with Crippen LogP contribution < -0.4 is 4.74 Å². The van der Waals surface area contributed by atoms with E-state index < -0.39 is 11.8 Å². The predicted octanol–water partition coefficient (Wildman–Crippen LogP) is 2.03. The second kappa shape index (κ2) is 6.44. The number of benzene rings is 1. The fourth-order valence-electron chi connectivity index (χ4n) is 1.21. The summed E-state index contributed by atoms with van der Waals surface area (Å²) < 4.78 is 5.35. The van der Waals surface area contributed by atoms with Crippen LogP contribution in [-0.4, -0.2) is 28.6 Å². The van der Waals surface area contributed by atoms with E-state index in [-0.39, 0.29) is 5.76 Å². The first-order valence-electron chi connectivity index (χ1n) is 5.45. The molecule has 1 aromatic rings. The summed E-state index contributed by atoms with van der Waals surface area (Å²) in [5.41, 5.74) is 0.355. The van der Waals surface area contributed by atoms with E-state index in [4.69, 9.17) is 9.84 Å². The van der Waals surface area contributed by atoms with Gasteiger partial charge in [-0.3, -0.25) is 4.79 Å². The number of carbonyl (C=O) groups excluding carboxylic acids is 1. The predicted molar refractivity (Wildman–Crippen MR) is 65.5 cm³/mol. The molecule has 0 saturated carbocycles. The third-order valence-corrected chi connectivity index (χ3v) is 2.10. The Labute approximate surface area is 104 Å². The number of aliphatic hydroxyl groups excluding tert-OH is 1. The van der Waals surface area contributed by atoms with Crippen LogP contribution in [0.5, 0.6) is 5.75 Å². The zero-order chi connectivity index (χ0) is 13.5. The van der Waals surface area contributed by atoms with Gasteiger partial charge in [-0.25, -0.2) is 4.79 Å². The number of hydrogen-bond donors (Lipinski definition) is 2. The number of rotatable bonds is 6. The van der Waals surface area contributed by atoms with Gasteiger partial charge in [0.1, 0.15) is 11.5 Å². The quantitative estimate of drug-likeness (QED) is 0.458. The fraction of sp³-hybridized carbons (Fsp3) is 0.231. The Morgan fingerprint density at radius 3 is 2.33 bits per heavy atom. The van der Waals surface area contributed by atoms with Crippen molar-refractivity contribution in [1.29, 1.82) is 0 Å². The van der Waals surface area contributed by atoms with Gasteiger partial charge >= 0.3 is 5.97 Å². The van der Waals surface area contributed by atoms with Crippen LogP contribution in [0.1, 0.15) is 18.9 Å². The smallest absolute Gasteiger partial charge is 0.376 e. The van der Waals surface area contributed by atoms with E-state index in [1.807, 2.05) is 6.92 Å². The second-order valence-electron chi connectivity index (χ2n) is 3.57.